The van der Waals surface area contributed by atoms with E-state index in [1.807, 2.05) is 29.2 Å². The van der Waals surface area contributed by atoms with Crippen molar-refractivity contribution in [2.45, 2.75) is 25.5 Å². The minimum absolute atomic E-state index is 0.259. The van der Waals surface area contributed by atoms with Crippen LogP contribution >= 0.6 is 0 Å². The lowest BCUT2D eigenvalue weighted by Gasteiger charge is -2.25. The second kappa shape index (κ2) is 5.77. The summed E-state index contributed by atoms with van der Waals surface area (Å²) in [5.74, 6) is -1.20. The Labute approximate surface area is 121 Å². The number of rotatable bonds is 2. The van der Waals surface area contributed by atoms with Gasteiger partial charge >= 0.3 is 0 Å². The fourth-order valence-corrected chi connectivity index (χ4v) is 2.75. The van der Waals surface area contributed by atoms with Crippen molar-refractivity contribution in [1.82, 2.24) is 4.98 Å². The van der Waals surface area contributed by atoms with Crippen LogP contribution in [-0.4, -0.2) is 16.6 Å². The molecule has 2 heterocycles. The van der Waals surface area contributed by atoms with Crippen LogP contribution in [0.25, 0.3) is 0 Å². The molecule has 110 valence electrons. The van der Waals surface area contributed by atoms with Crippen LogP contribution in [0.15, 0.2) is 36.5 Å². The lowest BCUT2D eigenvalue weighted by Crippen LogP contribution is -2.24. The monoisotopic (exact) mass is 290 g/mol. The molecule has 0 fully saturated rings. The van der Waals surface area contributed by atoms with Crippen molar-refractivity contribution in [2.75, 3.05) is 11.4 Å². The Hall–Kier alpha value is -2.01. The third kappa shape index (κ3) is 2.88. The highest BCUT2D eigenvalue weighted by atomic mass is 19.1. The smallest absolute Gasteiger partial charge is 0.213 e. The summed E-state index contributed by atoms with van der Waals surface area (Å²) in [6.45, 7) is 0.951. The quantitative estimate of drug-likeness (QED) is 0.863. The molecule has 2 aromatic rings. The van der Waals surface area contributed by atoms with Gasteiger partial charge in [0, 0.05) is 36.0 Å². The maximum absolute atomic E-state index is 13.8. The van der Waals surface area contributed by atoms with Crippen LogP contribution in [0.3, 0.4) is 0 Å². The van der Waals surface area contributed by atoms with E-state index in [9.17, 15) is 13.9 Å². The number of para-hydroxylation sites is 1. The zero-order chi connectivity index (χ0) is 14.8. The molecule has 0 amide bonds. The maximum atomic E-state index is 13.8. The minimum atomic E-state index is -0.686. The van der Waals surface area contributed by atoms with Gasteiger partial charge in [-0.2, -0.15) is 4.39 Å². The molecule has 1 N–H and O–H groups in total. The molecule has 21 heavy (non-hydrogen) atoms. The Kier molecular flexibility index (Phi) is 3.84. The molecule has 1 atom stereocenters. The fraction of sp³-hybridized carbons (Fsp3) is 0.312. The number of hydrogen-bond donors (Lipinski definition) is 1. The van der Waals surface area contributed by atoms with Gasteiger partial charge in [-0.25, -0.2) is 9.37 Å². The number of aliphatic hydroxyl groups is 1. The Bertz CT molecular complexity index is 648. The van der Waals surface area contributed by atoms with Crippen LogP contribution in [0.4, 0.5) is 14.5 Å². The van der Waals surface area contributed by atoms with Gasteiger partial charge < -0.3 is 10.0 Å². The molecule has 0 spiro atoms. The van der Waals surface area contributed by atoms with Crippen molar-refractivity contribution in [3.63, 3.8) is 0 Å². The van der Waals surface area contributed by atoms with E-state index >= 15 is 0 Å². The highest BCUT2D eigenvalue weighted by Gasteiger charge is 2.21. The lowest BCUT2D eigenvalue weighted by atomic mass is 10.0. The largest absolute Gasteiger partial charge is 0.388 e. The van der Waals surface area contributed by atoms with E-state index in [2.05, 4.69) is 4.98 Å². The van der Waals surface area contributed by atoms with Crippen molar-refractivity contribution in [3.05, 3.63) is 59.4 Å². The predicted molar refractivity (Wildman–Crippen MR) is 75.8 cm³/mol. The van der Waals surface area contributed by atoms with E-state index < -0.39 is 17.9 Å². The van der Waals surface area contributed by atoms with Gasteiger partial charge in [-0.15, -0.1) is 0 Å². The van der Waals surface area contributed by atoms with E-state index in [1.54, 1.807) is 0 Å². The molecule has 0 radical (unpaired) electrons. The number of benzene rings is 1. The third-order valence-corrected chi connectivity index (χ3v) is 3.80. The van der Waals surface area contributed by atoms with Crippen molar-refractivity contribution in [1.29, 1.82) is 0 Å². The number of nitrogens with zero attached hydrogens (tertiary/aromatic N) is 2. The Morgan fingerprint density at radius 3 is 2.95 bits per heavy atom. The summed E-state index contributed by atoms with van der Waals surface area (Å²) in [4.78, 5) is 5.28. The molecule has 0 aliphatic carbocycles. The summed E-state index contributed by atoms with van der Waals surface area (Å²) in [6, 6.07) is 8.66. The molecule has 3 rings (SSSR count). The summed E-state index contributed by atoms with van der Waals surface area (Å²) in [7, 11) is 0. The number of aliphatic hydroxyl groups excluding tert-OH is 1. The number of aromatic nitrogens is 1. The average molecular weight is 290 g/mol. The van der Waals surface area contributed by atoms with Crippen LogP contribution < -0.4 is 4.90 Å². The van der Waals surface area contributed by atoms with Gasteiger partial charge in [0.2, 0.25) is 5.95 Å². The van der Waals surface area contributed by atoms with Gasteiger partial charge in [-0.3, -0.25) is 0 Å². The molecule has 1 unspecified atom stereocenters. The Balaban J connectivity index is 1.95. The van der Waals surface area contributed by atoms with Gasteiger partial charge in [0.05, 0.1) is 12.3 Å². The van der Waals surface area contributed by atoms with E-state index in [0.717, 1.165) is 29.9 Å². The van der Waals surface area contributed by atoms with Crippen LogP contribution in [0, 0.1) is 11.8 Å². The molecule has 1 aromatic carbocycles. The fourth-order valence-electron chi connectivity index (χ4n) is 2.75. The second-order valence-corrected chi connectivity index (χ2v) is 5.24. The lowest BCUT2D eigenvalue weighted by molar-refractivity contribution is 0.168. The van der Waals surface area contributed by atoms with E-state index in [0.29, 0.717) is 13.0 Å². The Morgan fingerprint density at radius 1 is 1.29 bits per heavy atom. The second-order valence-electron chi connectivity index (χ2n) is 5.24. The van der Waals surface area contributed by atoms with Gasteiger partial charge in [0.25, 0.3) is 0 Å². The summed E-state index contributed by atoms with van der Waals surface area (Å²) in [5.41, 5.74) is 1.98. The topological polar surface area (TPSA) is 36.4 Å². The first-order valence-corrected chi connectivity index (χ1v) is 6.97. The average Bonchev–Trinajstić information content (AvgIpc) is 2.64. The van der Waals surface area contributed by atoms with Crippen molar-refractivity contribution < 1.29 is 13.9 Å². The number of halogens is 2. The highest BCUT2D eigenvalue weighted by molar-refractivity contribution is 5.55. The SMILES string of the molecule is OC1CCCN(Cc2cc(F)ncc2F)c2ccccc21. The number of fused-ring (bicyclic) bond motifs is 1. The first kappa shape index (κ1) is 13.9. The molecule has 3 nitrogen and oxygen atoms in total. The van der Waals surface area contributed by atoms with E-state index in [1.165, 1.54) is 0 Å². The molecule has 0 bridgehead atoms. The third-order valence-electron chi connectivity index (χ3n) is 3.80. The van der Waals surface area contributed by atoms with Gasteiger partial charge in [-0.1, -0.05) is 18.2 Å². The van der Waals surface area contributed by atoms with Gasteiger partial charge in [0.15, 0.2) is 0 Å². The molecule has 0 saturated carbocycles. The number of hydrogen-bond acceptors (Lipinski definition) is 3. The van der Waals surface area contributed by atoms with Crippen LogP contribution in [0.5, 0.6) is 0 Å². The number of pyridine rings is 1. The van der Waals surface area contributed by atoms with E-state index in [-0.39, 0.29) is 12.1 Å². The van der Waals surface area contributed by atoms with Gasteiger partial charge in [0.1, 0.15) is 5.82 Å². The normalized spacial score (nSPS) is 18.2. The zero-order valence-corrected chi connectivity index (χ0v) is 11.5. The van der Waals surface area contributed by atoms with Crippen LogP contribution in [-0.2, 0) is 6.54 Å². The summed E-state index contributed by atoms with van der Waals surface area (Å²) < 4.78 is 27.0. The molecule has 1 aliphatic heterocycles. The molecule has 1 aliphatic rings. The summed E-state index contributed by atoms with van der Waals surface area (Å²) in [6.07, 6.45) is 1.86. The summed E-state index contributed by atoms with van der Waals surface area (Å²) >= 11 is 0. The molecule has 5 heteroatoms. The molecular formula is C16H16F2N2O. The zero-order valence-electron chi connectivity index (χ0n) is 11.5. The molecule has 1 aromatic heterocycles. The van der Waals surface area contributed by atoms with Crippen LogP contribution in [0.1, 0.15) is 30.1 Å². The van der Waals surface area contributed by atoms with Crippen molar-refractivity contribution in [2.24, 2.45) is 0 Å². The van der Waals surface area contributed by atoms with Gasteiger partial charge in [-0.05, 0) is 18.9 Å². The van der Waals surface area contributed by atoms with Crippen LogP contribution in [0.2, 0.25) is 0 Å². The molecule has 0 saturated heterocycles. The summed E-state index contributed by atoms with van der Waals surface area (Å²) in [5, 5.41) is 10.2. The first-order chi connectivity index (χ1) is 10.1. The van der Waals surface area contributed by atoms with Crippen molar-refractivity contribution in [3.8, 4) is 0 Å². The highest BCUT2D eigenvalue weighted by Crippen LogP contribution is 2.33. The maximum Gasteiger partial charge on any atom is 0.213 e. The van der Waals surface area contributed by atoms with Crippen molar-refractivity contribution >= 4 is 5.69 Å². The standard InChI is InChI=1S/C16H16F2N2O/c17-13-9-19-16(18)8-11(13)10-20-7-3-6-15(21)12-4-1-2-5-14(12)20/h1-2,4-5,8-9,15,21H,3,6-7,10H2. The molecular weight excluding hydrogens is 274 g/mol. The first-order valence-electron chi connectivity index (χ1n) is 6.97. The predicted octanol–water partition coefficient (Wildman–Crippen LogP) is 3.19. The van der Waals surface area contributed by atoms with E-state index in [4.69, 9.17) is 0 Å². The minimum Gasteiger partial charge on any atom is -0.388 e. The Morgan fingerprint density at radius 2 is 2.10 bits per heavy atom. The number of anilines is 1.